The summed E-state index contributed by atoms with van der Waals surface area (Å²) in [6.07, 6.45) is 3.75. The zero-order valence-electron chi connectivity index (χ0n) is 9.35. The van der Waals surface area contributed by atoms with E-state index in [-0.39, 0.29) is 0 Å². The van der Waals surface area contributed by atoms with Gasteiger partial charge in [-0.05, 0) is 18.9 Å². The maximum Gasteiger partial charge on any atom is 0.312 e. The van der Waals surface area contributed by atoms with E-state index in [1.54, 1.807) is 4.68 Å². The summed E-state index contributed by atoms with van der Waals surface area (Å²) in [5.41, 5.74) is 0.0301. The molecular formula is C11H16N2O3. The van der Waals surface area contributed by atoms with Crippen molar-refractivity contribution >= 4 is 5.97 Å². The van der Waals surface area contributed by atoms with E-state index >= 15 is 0 Å². The Bertz CT molecular complexity index is 380. The standard InChI is InChI=1S/C11H16N2O3/c1-13-5-3-9(12-13)7-11(10(14)15)4-2-6-16-8-11/h3,5H,2,4,6-8H2,1H3,(H,14,15). The molecule has 1 atom stereocenters. The van der Waals surface area contributed by atoms with Crippen LogP contribution < -0.4 is 0 Å². The molecule has 1 aromatic rings. The molecule has 0 bridgehead atoms. The van der Waals surface area contributed by atoms with Crippen molar-refractivity contribution in [2.24, 2.45) is 12.5 Å². The van der Waals surface area contributed by atoms with Gasteiger partial charge in [-0.25, -0.2) is 0 Å². The Labute approximate surface area is 94.0 Å². The molecule has 1 aliphatic heterocycles. The highest BCUT2D eigenvalue weighted by Crippen LogP contribution is 2.32. The minimum Gasteiger partial charge on any atom is -0.481 e. The van der Waals surface area contributed by atoms with Crippen LogP contribution in [0, 0.1) is 5.41 Å². The van der Waals surface area contributed by atoms with Gasteiger partial charge >= 0.3 is 5.97 Å². The van der Waals surface area contributed by atoms with Gasteiger partial charge in [-0.3, -0.25) is 9.48 Å². The lowest BCUT2D eigenvalue weighted by Crippen LogP contribution is -2.41. The minimum atomic E-state index is -0.785. The number of hydrogen-bond donors (Lipinski definition) is 1. The zero-order chi connectivity index (χ0) is 11.6. The van der Waals surface area contributed by atoms with Crippen molar-refractivity contribution in [3.8, 4) is 0 Å². The van der Waals surface area contributed by atoms with Gasteiger partial charge < -0.3 is 9.84 Å². The van der Waals surface area contributed by atoms with Gasteiger partial charge in [-0.15, -0.1) is 0 Å². The summed E-state index contributed by atoms with van der Waals surface area (Å²) in [5, 5.41) is 13.6. The number of carboxylic acids is 1. The van der Waals surface area contributed by atoms with Crippen molar-refractivity contribution in [3.05, 3.63) is 18.0 Å². The average Bonchev–Trinajstić information content (AvgIpc) is 2.65. The average molecular weight is 224 g/mol. The van der Waals surface area contributed by atoms with E-state index in [0.717, 1.165) is 12.1 Å². The van der Waals surface area contributed by atoms with Gasteiger partial charge in [0, 0.05) is 26.3 Å². The number of carboxylic acid groups (broad SMARTS) is 1. The van der Waals surface area contributed by atoms with E-state index in [4.69, 9.17) is 4.74 Å². The molecule has 2 rings (SSSR count). The third-order valence-electron chi connectivity index (χ3n) is 3.06. The van der Waals surface area contributed by atoms with Crippen LogP contribution in [0.4, 0.5) is 0 Å². The van der Waals surface area contributed by atoms with Crippen molar-refractivity contribution in [3.63, 3.8) is 0 Å². The second-order valence-corrected chi connectivity index (χ2v) is 4.40. The number of hydrogen-bond acceptors (Lipinski definition) is 3. The largest absolute Gasteiger partial charge is 0.481 e. The van der Waals surface area contributed by atoms with Crippen LogP contribution in [-0.4, -0.2) is 34.1 Å². The van der Waals surface area contributed by atoms with Gasteiger partial charge in [0.05, 0.1) is 17.7 Å². The third-order valence-corrected chi connectivity index (χ3v) is 3.06. The van der Waals surface area contributed by atoms with Crippen LogP contribution in [0.3, 0.4) is 0 Å². The molecule has 1 unspecified atom stereocenters. The van der Waals surface area contributed by atoms with E-state index in [9.17, 15) is 9.90 Å². The van der Waals surface area contributed by atoms with Gasteiger partial charge in [0.25, 0.3) is 0 Å². The molecular weight excluding hydrogens is 208 g/mol. The minimum absolute atomic E-state index is 0.291. The Kier molecular flexibility index (Phi) is 2.96. The summed E-state index contributed by atoms with van der Waals surface area (Å²) in [6, 6.07) is 1.86. The number of aromatic nitrogens is 2. The van der Waals surface area contributed by atoms with Crippen LogP contribution in [-0.2, 0) is 23.0 Å². The van der Waals surface area contributed by atoms with Crippen molar-refractivity contribution in [2.45, 2.75) is 19.3 Å². The molecule has 1 aromatic heterocycles. The van der Waals surface area contributed by atoms with Crippen LogP contribution in [0.15, 0.2) is 12.3 Å². The van der Waals surface area contributed by atoms with Crippen LogP contribution in [0.5, 0.6) is 0 Å². The quantitative estimate of drug-likeness (QED) is 0.826. The molecule has 5 nitrogen and oxygen atoms in total. The van der Waals surface area contributed by atoms with Gasteiger partial charge in [-0.1, -0.05) is 0 Å². The molecule has 1 aliphatic rings. The van der Waals surface area contributed by atoms with E-state index in [1.807, 2.05) is 19.3 Å². The smallest absolute Gasteiger partial charge is 0.312 e. The first kappa shape index (κ1) is 11.1. The first-order valence-electron chi connectivity index (χ1n) is 5.42. The van der Waals surface area contributed by atoms with E-state index in [0.29, 0.717) is 26.1 Å². The molecule has 0 aliphatic carbocycles. The molecule has 0 radical (unpaired) electrons. The number of nitrogens with zero attached hydrogens (tertiary/aromatic N) is 2. The Hall–Kier alpha value is -1.36. The van der Waals surface area contributed by atoms with Crippen LogP contribution >= 0.6 is 0 Å². The highest BCUT2D eigenvalue weighted by molar-refractivity contribution is 5.75. The first-order valence-corrected chi connectivity index (χ1v) is 5.42. The zero-order valence-corrected chi connectivity index (χ0v) is 9.35. The number of rotatable bonds is 3. The van der Waals surface area contributed by atoms with Gasteiger partial charge in [0.1, 0.15) is 0 Å². The van der Waals surface area contributed by atoms with E-state index < -0.39 is 11.4 Å². The second-order valence-electron chi connectivity index (χ2n) is 4.40. The molecule has 2 heterocycles. The summed E-state index contributed by atoms with van der Waals surface area (Å²) < 4.78 is 7.00. The van der Waals surface area contributed by atoms with Crippen molar-refractivity contribution in [1.82, 2.24) is 9.78 Å². The molecule has 1 N–H and O–H groups in total. The molecule has 88 valence electrons. The molecule has 16 heavy (non-hydrogen) atoms. The Morgan fingerprint density at radius 2 is 2.56 bits per heavy atom. The van der Waals surface area contributed by atoms with Crippen molar-refractivity contribution in [1.29, 1.82) is 0 Å². The Balaban J connectivity index is 2.16. The lowest BCUT2D eigenvalue weighted by Gasteiger charge is -2.32. The summed E-state index contributed by atoms with van der Waals surface area (Å²) in [7, 11) is 1.83. The van der Waals surface area contributed by atoms with E-state index in [2.05, 4.69) is 5.10 Å². The lowest BCUT2D eigenvalue weighted by atomic mass is 9.78. The molecule has 1 fully saturated rings. The fraction of sp³-hybridized carbons (Fsp3) is 0.636. The molecule has 0 aromatic carbocycles. The summed E-state index contributed by atoms with van der Waals surface area (Å²) in [5.74, 6) is -0.780. The number of aliphatic carboxylic acids is 1. The lowest BCUT2D eigenvalue weighted by molar-refractivity contribution is -0.157. The van der Waals surface area contributed by atoms with Crippen LogP contribution in [0.25, 0.3) is 0 Å². The molecule has 0 spiro atoms. The molecule has 0 amide bonds. The highest BCUT2D eigenvalue weighted by atomic mass is 16.5. The topological polar surface area (TPSA) is 64.4 Å². The molecule has 1 saturated heterocycles. The van der Waals surface area contributed by atoms with Crippen LogP contribution in [0.2, 0.25) is 0 Å². The highest BCUT2D eigenvalue weighted by Gasteiger charge is 2.41. The van der Waals surface area contributed by atoms with E-state index in [1.165, 1.54) is 0 Å². The summed E-state index contributed by atoms with van der Waals surface area (Å²) in [4.78, 5) is 11.4. The Morgan fingerprint density at radius 1 is 1.75 bits per heavy atom. The number of ether oxygens (including phenoxy) is 1. The second kappa shape index (κ2) is 4.25. The first-order chi connectivity index (χ1) is 7.62. The molecule has 5 heteroatoms. The maximum absolute atomic E-state index is 11.4. The fourth-order valence-corrected chi connectivity index (χ4v) is 2.14. The fourth-order valence-electron chi connectivity index (χ4n) is 2.14. The third kappa shape index (κ3) is 2.09. The van der Waals surface area contributed by atoms with Crippen molar-refractivity contribution in [2.75, 3.05) is 13.2 Å². The SMILES string of the molecule is Cn1ccc(CC2(C(=O)O)CCCOC2)n1. The van der Waals surface area contributed by atoms with Gasteiger partial charge in [0.15, 0.2) is 0 Å². The number of carbonyl (C=O) groups is 1. The van der Waals surface area contributed by atoms with Crippen LogP contribution in [0.1, 0.15) is 18.5 Å². The predicted molar refractivity (Wildman–Crippen MR) is 57.0 cm³/mol. The summed E-state index contributed by atoms with van der Waals surface area (Å²) >= 11 is 0. The van der Waals surface area contributed by atoms with Crippen molar-refractivity contribution < 1.29 is 14.6 Å². The maximum atomic E-state index is 11.4. The number of aryl methyl sites for hydroxylation is 1. The monoisotopic (exact) mass is 224 g/mol. The van der Waals surface area contributed by atoms with Gasteiger partial charge in [-0.2, -0.15) is 5.10 Å². The Morgan fingerprint density at radius 3 is 3.06 bits per heavy atom. The normalized spacial score (nSPS) is 25.6. The van der Waals surface area contributed by atoms with Gasteiger partial charge in [0.2, 0.25) is 0 Å². The predicted octanol–water partition coefficient (Wildman–Crippen LogP) is 0.844. The summed E-state index contributed by atoms with van der Waals surface area (Å²) in [6.45, 7) is 0.955. The molecule has 0 saturated carbocycles.